The SMILES string of the molecule is CC(C)(C)CC(C)(N)CC(C)(O)CO. The molecule has 4 N–H and O–H groups in total. The van der Waals surface area contributed by atoms with Gasteiger partial charge in [-0.05, 0) is 32.1 Å². The molecular formula is C11H25NO2. The van der Waals surface area contributed by atoms with Gasteiger partial charge in [0.05, 0.1) is 12.2 Å². The summed E-state index contributed by atoms with van der Waals surface area (Å²) >= 11 is 0. The molecule has 3 nitrogen and oxygen atoms in total. The summed E-state index contributed by atoms with van der Waals surface area (Å²) in [6.07, 6.45) is 1.23. The van der Waals surface area contributed by atoms with Crippen molar-refractivity contribution < 1.29 is 10.2 Å². The van der Waals surface area contributed by atoms with Crippen molar-refractivity contribution in [2.45, 2.75) is 58.6 Å². The number of hydrogen-bond donors (Lipinski definition) is 3. The van der Waals surface area contributed by atoms with Crippen LogP contribution in [0.1, 0.15) is 47.5 Å². The summed E-state index contributed by atoms with van der Waals surface area (Å²) < 4.78 is 0. The first-order chi connectivity index (χ1) is 5.97. The Bertz CT molecular complexity index is 180. The normalized spacial score (nSPS) is 21.4. The third kappa shape index (κ3) is 6.35. The first-order valence-electron chi connectivity index (χ1n) is 5.10. The first-order valence-corrected chi connectivity index (χ1v) is 5.10. The molecule has 0 saturated heterocycles. The van der Waals surface area contributed by atoms with E-state index in [2.05, 4.69) is 20.8 Å². The van der Waals surface area contributed by atoms with Crippen LogP contribution in [0.2, 0.25) is 0 Å². The molecule has 14 heavy (non-hydrogen) atoms. The monoisotopic (exact) mass is 203 g/mol. The molecule has 0 bridgehead atoms. The standard InChI is InChI=1S/C11H25NO2/c1-9(2,3)6-10(4,12)7-11(5,14)8-13/h13-14H,6-8,12H2,1-5H3. The quantitative estimate of drug-likeness (QED) is 0.644. The van der Waals surface area contributed by atoms with Crippen LogP contribution in [-0.2, 0) is 0 Å². The minimum absolute atomic E-state index is 0.134. The number of hydrogen-bond acceptors (Lipinski definition) is 3. The summed E-state index contributed by atoms with van der Waals surface area (Å²) in [5.41, 5.74) is 4.71. The van der Waals surface area contributed by atoms with Crippen LogP contribution in [-0.4, -0.2) is 28.0 Å². The number of nitrogens with two attached hydrogens (primary N) is 1. The Balaban J connectivity index is 4.35. The molecule has 0 fully saturated rings. The zero-order valence-electron chi connectivity index (χ0n) is 10.1. The molecule has 0 rings (SSSR count). The summed E-state index contributed by atoms with van der Waals surface area (Å²) in [4.78, 5) is 0. The molecule has 2 atom stereocenters. The summed E-state index contributed by atoms with van der Waals surface area (Å²) in [6, 6.07) is 0. The van der Waals surface area contributed by atoms with Gasteiger partial charge in [-0.15, -0.1) is 0 Å². The molecule has 3 heteroatoms. The van der Waals surface area contributed by atoms with Gasteiger partial charge >= 0.3 is 0 Å². The molecule has 2 unspecified atom stereocenters. The van der Waals surface area contributed by atoms with E-state index in [4.69, 9.17) is 10.8 Å². The maximum Gasteiger partial charge on any atom is 0.0866 e. The highest BCUT2D eigenvalue weighted by molar-refractivity contribution is 4.90. The van der Waals surface area contributed by atoms with E-state index in [9.17, 15) is 5.11 Å². The van der Waals surface area contributed by atoms with Crippen LogP contribution in [0.5, 0.6) is 0 Å². The van der Waals surface area contributed by atoms with Gasteiger partial charge in [0.25, 0.3) is 0 Å². The Morgan fingerprint density at radius 2 is 1.43 bits per heavy atom. The minimum Gasteiger partial charge on any atom is -0.393 e. The second-order valence-corrected chi connectivity index (χ2v) is 6.22. The third-order valence-electron chi connectivity index (χ3n) is 2.06. The zero-order valence-corrected chi connectivity index (χ0v) is 10.1. The predicted molar refractivity (Wildman–Crippen MR) is 59.0 cm³/mol. The Morgan fingerprint density at radius 1 is 1.00 bits per heavy atom. The van der Waals surface area contributed by atoms with Crippen LogP contribution >= 0.6 is 0 Å². The Morgan fingerprint density at radius 3 is 1.71 bits per heavy atom. The molecular weight excluding hydrogens is 178 g/mol. The van der Waals surface area contributed by atoms with E-state index in [1.807, 2.05) is 6.92 Å². The van der Waals surface area contributed by atoms with Gasteiger partial charge in [0.1, 0.15) is 0 Å². The van der Waals surface area contributed by atoms with Gasteiger partial charge in [0.2, 0.25) is 0 Å². The fourth-order valence-electron chi connectivity index (χ4n) is 2.20. The maximum atomic E-state index is 9.73. The van der Waals surface area contributed by atoms with Crippen LogP contribution < -0.4 is 5.73 Å². The van der Waals surface area contributed by atoms with Crippen LogP contribution in [0.25, 0.3) is 0 Å². The Kier molecular flexibility index (Phi) is 4.13. The highest BCUT2D eigenvalue weighted by Gasteiger charge is 2.33. The lowest BCUT2D eigenvalue weighted by Gasteiger charge is -2.37. The van der Waals surface area contributed by atoms with Crippen LogP contribution in [0, 0.1) is 5.41 Å². The lowest BCUT2D eigenvalue weighted by atomic mass is 9.76. The highest BCUT2D eigenvalue weighted by atomic mass is 16.3. The molecule has 0 amide bonds. The van der Waals surface area contributed by atoms with Gasteiger partial charge in [-0.25, -0.2) is 0 Å². The van der Waals surface area contributed by atoms with E-state index in [1.54, 1.807) is 6.92 Å². The van der Waals surface area contributed by atoms with Crippen molar-refractivity contribution in [2.24, 2.45) is 11.1 Å². The summed E-state index contributed by atoms with van der Waals surface area (Å²) in [5, 5.41) is 18.7. The second-order valence-electron chi connectivity index (χ2n) is 6.22. The smallest absolute Gasteiger partial charge is 0.0866 e. The van der Waals surface area contributed by atoms with Crippen LogP contribution in [0.15, 0.2) is 0 Å². The van der Waals surface area contributed by atoms with E-state index in [1.165, 1.54) is 0 Å². The van der Waals surface area contributed by atoms with Gasteiger partial charge in [-0.2, -0.15) is 0 Å². The van der Waals surface area contributed by atoms with Gasteiger partial charge in [-0.3, -0.25) is 0 Å². The van der Waals surface area contributed by atoms with E-state index >= 15 is 0 Å². The second kappa shape index (κ2) is 4.17. The van der Waals surface area contributed by atoms with Crippen molar-refractivity contribution in [3.8, 4) is 0 Å². The largest absolute Gasteiger partial charge is 0.393 e. The first kappa shape index (κ1) is 13.9. The number of rotatable bonds is 4. The molecule has 0 aliphatic rings. The third-order valence-corrected chi connectivity index (χ3v) is 2.06. The minimum atomic E-state index is -1.07. The van der Waals surface area contributed by atoms with E-state index < -0.39 is 11.1 Å². The molecule has 0 saturated carbocycles. The van der Waals surface area contributed by atoms with Gasteiger partial charge in [0, 0.05) is 5.54 Å². The van der Waals surface area contributed by atoms with Crippen molar-refractivity contribution in [3.05, 3.63) is 0 Å². The molecule has 0 spiro atoms. The van der Waals surface area contributed by atoms with Gasteiger partial charge in [-0.1, -0.05) is 20.8 Å². The maximum absolute atomic E-state index is 9.73. The zero-order chi connectivity index (χ0) is 11.6. The molecule has 0 radical (unpaired) electrons. The topological polar surface area (TPSA) is 66.5 Å². The van der Waals surface area contributed by atoms with E-state index in [0.29, 0.717) is 6.42 Å². The molecule has 0 aromatic heterocycles. The summed E-state index contributed by atoms with van der Waals surface area (Å²) in [7, 11) is 0. The van der Waals surface area contributed by atoms with Crippen molar-refractivity contribution in [3.63, 3.8) is 0 Å². The summed E-state index contributed by atoms with van der Waals surface area (Å²) in [5.74, 6) is 0. The fourth-order valence-corrected chi connectivity index (χ4v) is 2.20. The average Bonchev–Trinajstić information content (AvgIpc) is 1.78. The lowest BCUT2D eigenvalue weighted by molar-refractivity contribution is -0.0244. The Hall–Kier alpha value is -0.120. The lowest BCUT2D eigenvalue weighted by Crippen LogP contribution is -2.48. The highest BCUT2D eigenvalue weighted by Crippen LogP contribution is 2.30. The van der Waals surface area contributed by atoms with Crippen LogP contribution in [0.3, 0.4) is 0 Å². The number of aliphatic hydroxyl groups is 2. The average molecular weight is 203 g/mol. The molecule has 0 aliphatic carbocycles. The number of aliphatic hydroxyl groups excluding tert-OH is 1. The van der Waals surface area contributed by atoms with Crippen molar-refractivity contribution >= 4 is 0 Å². The van der Waals surface area contributed by atoms with Crippen molar-refractivity contribution in [1.82, 2.24) is 0 Å². The summed E-state index contributed by atoms with van der Waals surface area (Å²) in [6.45, 7) is 9.64. The molecule has 0 aromatic carbocycles. The molecule has 0 aromatic rings. The molecule has 86 valence electrons. The van der Waals surface area contributed by atoms with Crippen molar-refractivity contribution in [1.29, 1.82) is 0 Å². The van der Waals surface area contributed by atoms with Gasteiger partial charge in [0.15, 0.2) is 0 Å². The Labute approximate surface area is 87.3 Å². The fraction of sp³-hybridized carbons (Fsp3) is 1.00. The predicted octanol–water partition coefficient (Wildman–Crippen LogP) is 1.27. The van der Waals surface area contributed by atoms with E-state index in [0.717, 1.165) is 6.42 Å². The van der Waals surface area contributed by atoms with Crippen LogP contribution in [0.4, 0.5) is 0 Å². The molecule has 0 aliphatic heterocycles. The molecule has 0 heterocycles. The van der Waals surface area contributed by atoms with Crippen molar-refractivity contribution in [2.75, 3.05) is 6.61 Å². The van der Waals surface area contributed by atoms with E-state index in [-0.39, 0.29) is 12.0 Å². The van der Waals surface area contributed by atoms with Gasteiger partial charge < -0.3 is 15.9 Å².